The van der Waals surface area contributed by atoms with Gasteiger partial charge in [-0.15, -0.1) is 11.3 Å². The summed E-state index contributed by atoms with van der Waals surface area (Å²) in [6.45, 7) is 2.40. The van der Waals surface area contributed by atoms with Crippen molar-refractivity contribution in [3.8, 4) is 0 Å². The smallest absolute Gasteiger partial charge is 0.322 e. The Hall–Kier alpha value is -0.580. The maximum absolute atomic E-state index is 11.0. The number of carbonyl (C=O) groups is 1. The number of thiophene rings is 1. The number of rotatable bonds is 4. The van der Waals surface area contributed by atoms with Crippen LogP contribution in [-0.4, -0.2) is 19.1 Å². The van der Waals surface area contributed by atoms with Crippen LogP contribution in [0.15, 0.2) is 11.4 Å². The topological polar surface area (TPSA) is 38.3 Å². The van der Waals surface area contributed by atoms with Crippen molar-refractivity contribution < 1.29 is 9.53 Å². The van der Waals surface area contributed by atoms with Crippen molar-refractivity contribution in [1.29, 1.82) is 0 Å². The van der Waals surface area contributed by atoms with Gasteiger partial charge in [-0.3, -0.25) is 10.1 Å². The highest BCUT2D eigenvalue weighted by molar-refractivity contribution is 7.10. The van der Waals surface area contributed by atoms with E-state index in [-0.39, 0.29) is 12.0 Å². The molecule has 0 spiro atoms. The molecular formula is C9H12ClNO2S. The fraction of sp³-hybridized carbons (Fsp3) is 0.444. The zero-order chi connectivity index (χ0) is 10.6. The number of hydrogen-bond donors (Lipinski definition) is 1. The zero-order valence-electron chi connectivity index (χ0n) is 8.04. The van der Waals surface area contributed by atoms with Crippen molar-refractivity contribution in [2.75, 3.05) is 7.11 Å². The van der Waals surface area contributed by atoms with E-state index in [1.165, 1.54) is 7.11 Å². The molecule has 0 amide bonds. The molecule has 1 aromatic rings. The van der Waals surface area contributed by atoms with E-state index in [1.807, 2.05) is 11.4 Å². The van der Waals surface area contributed by atoms with Gasteiger partial charge < -0.3 is 4.74 Å². The van der Waals surface area contributed by atoms with E-state index >= 15 is 0 Å². The van der Waals surface area contributed by atoms with Gasteiger partial charge in [0.25, 0.3) is 0 Å². The highest BCUT2D eigenvalue weighted by atomic mass is 35.5. The van der Waals surface area contributed by atoms with Gasteiger partial charge in [0.05, 0.1) is 12.1 Å². The van der Waals surface area contributed by atoms with Crippen LogP contribution in [0.25, 0.3) is 0 Å². The molecule has 0 radical (unpaired) electrons. The van der Waals surface area contributed by atoms with E-state index in [0.717, 1.165) is 9.90 Å². The highest BCUT2D eigenvalue weighted by Crippen LogP contribution is 2.18. The van der Waals surface area contributed by atoms with Gasteiger partial charge in [-0.25, -0.2) is 0 Å². The van der Waals surface area contributed by atoms with Crippen LogP contribution in [0.3, 0.4) is 0 Å². The summed E-state index contributed by atoms with van der Waals surface area (Å²) in [6.07, 6.45) is 0. The molecule has 0 aliphatic heterocycles. The van der Waals surface area contributed by atoms with Gasteiger partial charge in [-0.2, -0.15) is 0 Å². The minimum absolute atomic E-state index is 0.257. The molecular weight excluding hydrogens is 222 g/mol. The minimum atomic E-state index is -0.291. The second kappa shape index (κ2) is 5.34. The predicted molar refractivity (Wildman–Crippen MR) is 57.6 cm³/mol. The maximum atomic E-state index is 11.0. The summed E-state index contributed by atoms with van der Waals surface area (Å²) < 4.78 is 4.58. The molecule has 5 heteroatoms. The molecule has 1 atom stereocenters. The van der Waals surface area contributed by atoms with E-state index in [0.29, 0.717) is 6.54 Å². The van der Waals surface area contributed by atoms with Crippen LogP contribution in [0, 0.1) is 0 Å². The fourth-order valence-electron chi connectivity index (χ4n) is 0.960. The van der Waals surface area contributed by atoms with Crippen molar-refractivity contribution in [3.05, 3.63) is 21.3 Å². The second-order valence-electron chi connectivity index (χ2n) is 2.86. The summed E-state index contributed by atoms with van der Waals surface area (Å²) in [7, 11) is 1.38. The van der Waals surface area contributed by atoms with Crippen LogP contribution < -0.4 is 5.32 Å². The monoisotopic (exact) mass is 233 g/mol. The molecule has 1 rings (SSSR count). The number of methoxy groups -OCH3 is 1. The van der Waals surface area contributed by atoms with Crippen molar-refractivity contribution in [1.82, 2.24) is 5.32 Å². The van der Waals surface area contributed by atoms with Gasteiger partial charge in [0, 0.05) is 16.8 Å². The molecule has 78 valence electrons. The van der Waals surface area contributed by atoms with Crippen LogP contribution in [0.1, 0.15) is 11.8 Å². The third kappa shape index (κ3) is 3.29. The SMILES string of the molecule is COC(=O)[C@H](C)NCc1cc(Cl)cs1. The fourth-order valence-corrected chi connectivity index (χ4v) is 1.98. The van der Waals surface area contributed by atoms with Crippen LogP contribution in [0.4, 0.5) is 0 Å². The molecule has 0 aromatic carbocycles. The summed E-state index contributed by atoms with van der Waals surface area (Å²) in [6, 6.07) is 1.59. The van der Waals surface area contributed by atoms with Crippen molar-refractivity contribution >= 4 is 28.9 Å². The Labute approximate surface area is 92.0 Å². The van der Waals surface area contributed by atoms with E-state index in [4.69, 9.17) is 11.6 Å². The Balaban J connectivity index is 2.37. The van der Waals surface area contributed by atoms with Gasteiger partial charge in [-0.05, 0) is 13.0 Å². The van der Waals surface area contributed by atoms with Gasteiger partial charge in [0.1, 0.15) is 6.04 Å². The Morgan fingerprint density at radius 3 is 3.00 bits per heavy atom. The Bertz CT molecular complexity index is 314. The molecule has 0 bridgehead atoms. The van der Waals surface area contributed by atoms with E-state index in [9.17, 15) is 4.79 Å². The number of ether oxygens (including phenoxy) is 1. The number of nitrogens with one attached hydrogen (secondary N) is 1. The molecule has 0 unspecified atom stereocenters. The first-order chi connectivity index (χ1) is 6.63. The molecule has 1 aromatic heterocycles. The first kappa shape index (κ1) is 11.5. The summed E-state index contributed by atoms with van der Waals surface area (Å²) >= 11 is 7.32. The molecule has 3 nitrogen and oxygen atoms in total. The zero-order valence-corrected chi connectivity index (χ0v) is 9.61. The molecule has 1 heterocycles. The maximum Gasteiger partial charge on any atom is 0.322 e. The van der Waals surface area contributed by atoms with Gasteiger partial charge in [-0.1, -0.05) is 11.6 Å². The molecule has 0 saturated heterocycles. The molecule has 0 fully saturated rings. The van der Waals surface area contributed by atoms with E-state index in [2.05, 4.69) is 10.1 Å². The van der Waals surface area contributed by atoms with Crippen LogP contribution in [0.5, 0.6) is 0 Å². The second-order valence-corrected chi connectivity index (χ2v) is 4.29. The molecule has 0 aliphatic carbocycles. The summed E-state index contributed by atoms with van der Waals surface area (Å²) in [5.41, 5.74) is 0. The number of hydrogen-bond acceptors (Lipinski definition) is 4. The largest absolute Gasteiger partial charge is 0.468 e. The lowest BCUT2D eigenvalue weighted by atomic mass is 10.3. The predicted octanol–water partition coefficient (Wildman–Crippen LogP) is 2.05. The number of halogens is 1. The van der Waals surface area contributed by atoms with Crippen LogP contribution in [-0.2, 0) is 16.1 Å². The van der Waals surface area contributed by atoms with Crippen molar-refractivity contribution in [3.63, 3.8) is 0 Å². The minimum Gasteiger partial charge on any atom is -0.468 e. The van der Waals surface area contributed by atoms with E-state index < -0.39 is 0 Å². The third-order valence-electron chi connectivity index (χ3n) is 1.76. The van der Waals surface area contributed by atoms with Crippen molar-refractivity contribution in [2.24, 2.45) is 0 Å². The van der Waals surface area contributed by atoms with Gasteiger partial charge >= 0.3 is 5.97 Å². The summed E-state index contributed by atoms with van der Waals surface area (Å²) in [5, 5.41) is 5.64. The molecule has 14 heavy (non-hydrogen) atoms. The third-order valence-corrected chi connectivity index (χ3v) is 3.04. The standard InChI is InChI=1S/C9H12ClNO2S/c1-6(9(12)13-2)11-4-8-3-7(10)5-14-8/h3,5-6,11H,4H2,1-2H3/t6-/m0/s1. The van der Waals surface area contributed by atoms with E-state index in [1.54, 1.807) is 18.3 Å². The summed E-state index contributed by atoms with van der Waals surface area (Å²) in [4.78, 5) is 12.1. The average molecular weight is 234 g/mol. The molecule has 1 N–H and O–H groups in total. The Morgan fingerprint density at radius 2 is 2.50 bits per heavy atom. The first-order valence-electron chi connectivity index (χ1n) is 4.17. The van der Waals surface area contributed by atoms with Gasteiger partial charge in [0.15, 0.2) is 0 Å². The lowest BCUT2D eigenvalue weighted by Crippen LogP contribution is -2.34. The lowest BCUT2D eigenvalue weighted by Gasteiger charge is -2.09. The molecule has 0 saturated carbocycles. The highest BCUT2D eigenvalue weighted by Gasteiger charge is 2.11. The number of carbonyl (C=O) groups excluding carboxylic acids is 1. The Kier molecular flexibility index (Phi) is 4.38. The molecule has 0 aliphatic rings. The lowest BCUT2D eigenvalue weighted by molar-refractivity contribution is -0.142. The van der Waals surface area contributed by atoms with Crippen molar-refractivity contribution in [2.45, 2.75) is 19.5 Å². The summed E-state index contributed by atoms with van der Waals surface area (Å²) in [5.74, 6) is -0.257. The Morgan fingerprint density at radius 1 is 1.79 bits per heavy atom. The average Bonchev–Trinajstić information content (AvgIpc) is 2.59. The first-order valence-corrected chi connectivity index (χ1v) is 5.43. The quantitative estimate of drug-likeness (QED) is 0.809. The normalized spacial score (nSPS) is 12.5. The van der Waals surface area contributed by atoms with Crippen LogP contribution in [0.2, 0.25) is 5.02 Å². The van der Waals surface area contributed by atoms with Gasteiger partial charge in [0.2, 0.25) is 0 Å². The van der Waals surface area contributed by atoms with Crippen LogP contribution >= 0.6 is 22.9 Å². The number of esters is 1.